The lowest BCUT2D eigenvalue weighted by Crippen LogP contribution is -2.19. The first-order valence-electron chi connectivity index (χ1n) is 6.66. The number of aromatic nitrogens is 2. The van der Waals surface area contributed by atoms with Crippen LogP contribution in [-0.4, -0.2) is 26.6 Å². The second-order valence-corrected chi connectivity index (χ2v) is 6.06. The van der Waals surface area contributed by atoms with E-state index in [0.29, 0.717) is 13.0 Å². The molecule has 5 heteroatoms. The number of hydrogen-bond acceptors (Lipinski definition) is 3. The average Bonchev–Trinajstić information content (AvgIpc) is 2.66. The molecule has 5 nitrogen and oxygen atoms in total. The van der Waals surface area contributed by atoms with E-state index in [2.05, 4.69) is 5.10 Å². The number of ketones is 1. The molecule has 1 aliphatic carbocycles. The molecule has 1 aliphatic rings. The topological polar surface area (TPSA) is 72.2 Å². The second kappa shape index (κ2) is 4.79. The summed E-state index contributed by atoms with van der Waals surface area (Å²) in [6.45, 7) is 6.41. The van der Waals surface area contributed by atoms with Crippen LogP contribution in [0.3, 0.4) is 0 Å². The maximum Gasteiger partial charge on any atom is 0.305 e. The van der Waals surface area contributed by atoms with Gasteiger partial charge >= 0.3 is 5.97 Å². The molecule has 19 heavy (non-hydrogen) atoms. The number of nitrogens with zero attached hydrogens (tertiary/aromatic N) is 2. The van der Waals surface area contributed by atoms with Crippen molar-refractivity contribution in [1.82, 2.24) is 9.78 Å². The minimum Gasteiger partial charge on any atom is -0.481 e. The first kappa shape index (κ1) is 13.8. The Hall–Kier alpha value is -1.65. The summed E-state index contributed by atoms with van der Waals surface area (Å²) in [4.78, 5) is 22.8. The Morgan fingerprint density at radius 2 is 2.05 bits per heavy atom. The Morgan fingerprint density at radius 3 is 2.63 bits per heavy atom. The number of aryl methyl sites for hydroxylation is 1. The van der Waals surface area contributed by atoms with E-state index in [1.54, 1.807) is 4.68 Å². The summed E-state index contributed by atoms with van der Waals surface area (Å²) < 4.78 is 1.72. The fourth-order valence-corrected chi connectivity index (χ4v) is 2.50. The number of hydrogen-bond donors (Lipinski definition) is 1. The first-order chi connectivity index (χ1) is 8.80. The van der Waals surface area contributed by atoms with Crippen LogP contribution in [0.4, 0.5) is 0 Å². The van der Waals surface area contributed by atoms with Crippen LogP contribution < -0.4 is 0 Å². The maximum absolute atomic E-state index is 12.1. The monoisotopic (exact) mass is 264 g/mol. The summed E-state index contributed by atoms with van der Waals surface area (Å²) in [5, 5.41) is 13.3. The standard InChI is InChI=1S/C14H20N2O3/c1-14(2,3)13-12-9(5-4-6-10(12)17)16(15-13)8-7-11(18)19/h4-8H2,1-3H3,(H,18,19). The Labute approximate surface area is 112 Å². The van der Waals surface area contributed by atoms with Gasteiger partial charge in [0.05, 0.1) is 24.2 Å². The molecule has 1 aromatic heterocycles. The number of fused-ring (bicyclic) bond motifs is 1. The van der Waals surface area contributed by atoms with Gasteiger partial charge in [0.25, 0.3) is 0 Å². The Balaban J connectivity index is 2.46. The van der Waals surface area contributed by atoms with Crippen LogP contribution in [0.1, 0.15) is 61.8 Å². The molecule has 0 atom stereocenters. The molecule has 104 valence electrons. The molecule has 0 radical (unpaired) electrons. The summed E-state index contributed by atoms with van der Waals surface area (Å²) in [6.07, 6.45) is 2.24. The predicted molar refractivity (Wildman–Crippen MR) is 70.4 cm³/mol. The second-order valence-electron chi connectivity index (χ2n) is 6.06. The SMILES string of the molecule is CC(C)(C)c1nn(CCC(=O)O)c2c1C(=O)CCC2. The zero-order valence-corrected chi connectivity index (χ0v) is 11.7. The van der Waals surface area contributed by atoms with Crippen molar-refractivity contribution in [3.63, 3.8) is 0 Å². The van der Waals surface area contributed by atoms with Crippen LogP contribution in [0, 0.1) is 0 Å². The highest BCUT2D eigenvalue weighted by Crippen LogP contribution is 2.32. The van der Waals surface area contributed by atoms with Gasteiger partial charge in [-0.3, -0.25) is 14.3 Å². The smallest absolute Gasteiger partial charge is 0.305 e. The lowest BCUT2D eigenvalue weighted by molar-refractivity contribution is -0.137. The number of carboxylic acids is 1. The largest absolute Gasteiger partial charge is 0.481 e. The van der Waals surface area contributed by atoms with E-state index in [1.807, 2.05) is 20.8 Å². The van der Waals surface area contributed by atoms with Crippen LogP contribution in [0.5, 0.6) is 0 Å². The number of carbonyl (C=O) groups excluding carboxylic acids is 1. The fourth-order valence-electron chi connectivity index (χ4n) is 2.50. The highest BCUT2D eigenvalue weighted by Gasteiger charge is 2.32. The summed E-state index contributed by atoms with van der Waals surface area (Å²) in [6, 6.07) is 0. The van der Waals surface area contributed by atoms with Gasteiger partial charge < -0.3 is 5.11 Å². The third-order valence-electron chi connectivity index (χ3n) is 3.40. The number of carbonyl (C=O) groups is 2. The first-order valence-corrected chi connectivity index (χ1v) is 6.66. The molecule has 0 fully saturated rings. The Kier molecular flexibility index (Phi) is 3.47. The molecule has 0 amide bonds. The van der Waals surface area contributed by atoms with Crippen LogP contribution in [0.25, 0.3) is 0 Å². The molecule has 1 aromatic rings. The van der Waals surface area contributed by atoms with E-state index in [9.17, 15) is 9.59 Å². The van der Waals surface area contributed by atoms with E-state index in [4.69, 9.17) is 5.11 Å². The Morgan fingerprint density at radius 1 is 1.37 bits per heavy atom. The quantitative estimate of drug-likeness (QED) is 0.908. The highest BCUT2D eigenvalue weighted by molar-refractivity contribution is 5.99. The normalized spacial score (nSPS) is 15.4. The molecule has 0 saturated heterocycles. The van der Waals surface area contributed by atoms with Gasteiger partial charge in [-0.2, -0.15) is 5.10 Å². The molecule has 0 saturated carbocycles. The van der Waals surface area contributed by atoms with Crippen molar-refractivity contribution < 1.29 is 14.7 Å². The van der Waals surface area contributed by atoms with E-state index < -0.39 is 5.97 Å². The summed E-state index contributed by atoms with van der Waals surface area (Å²) in [5.41, 5.74) is 2.26. The number of carboxylic acid groups (broad SMARTS) is 1. The molecule has 0 bridgehead atoms. The van der Waals surface area contributed by atoms with Gasteiger partial charge in [0.1, 0.15) is 0 Å². The van der Waals surface area contributed by atoms with Gasteiger partial charge in [0.2, 0.25) is 0 Å². The van der Waals surface area contributed by atoms with Crippen molar-refractivity contribution in [2.45, 2.75) is 58.4 Å². The van der Waals surface area contributed by atoms with Crippen molar-refractivity contribution in [2.75, 3.05) is 0 Å². The molecule has 2 rings (SSSR count). The zero-order valence-electron chi connectivity index (χ0n) is 11.7. The van der Waals surface area contributed by atoms with Crippen molar-refractivity contribution >= 4 is 11.8 Å². The van der Waals surface area contributed by atoms with E-state index in [0.717, 1.165) is 29.8 Å². The van der Waals surface area contributed by atoms with Gasteiger partial charge in [-0.15, -0.1) is 0 Å². The number of Topliss-reactive ketones (excluding diaryl/α,β-unsaturated/α-hetero) is 1. The molecule has 0 spiro atoms. The molecule has 0 unspecified atom stereocenters. The molecular weight excluding hydrogens is 244 g/mol. The summed E-state index contributed by atoms with van der Waals surface area (Å²) in [7, 11) is 0. The van der Waals surface area contributed by atoms with Crippen LogP contribution in [0.2, 0.25) is 0 Å². The van der Waals surface area contributed by atoms with Crippen molar-refractivity contribution in [3.8, 4) is 0 Å². The summed E-state index contributed by atoms with van der Waals surface area (Å²) >= 11 is 0. The molecule has 1 heterocycles. The lowest BCUT2D eigenvalue weighted by atomic mass is 9.84. The molecule has 0 aromatic carbocycles. The maximum atomic E-state index is 12.1. The van der Waals surface area contributed by atoms with Crippen LogP contribution >= 0.6 is 0 Å². The summed E-state index contributed by atoms with van der Waals surface area (Å²) in [5.74, 6) is -0.698. The lowest BCUT2D eigenvalue weighted by Gasteiger charge is -2.19. The van der Waals surface area contributed by atoms with Gasteiger partial charge in [-0.1, -0.05) is 20.8 Å². The van der Waals surface area contributed by atoms with Crippen molar-refractivity contribution in [3.05, 3.63) is 17.0 Å². The van der Waals surface area contributed by atoms with Gasteiger partial charge in [-0.05, 0) is 12.8 Å². The van der Waals surface area contributed by atoms with E-state index in [-0.39, 0.29) is 17.6 Å². The number of rotatable bonds is 3. The highest BCUT2D eigenvalue weighted by atomic mass is 16.4. The Bertz CT molecular complexity index is 524. The fraction of sp³-hybridized carbons (Fsp3) is 0.643. The average molecular weight is 264 g/mol. The number of aliphatic carboxylic acids is 1. The van der Waals surface area contributed by atoms with Gasteiger partial charge in [0, 0.05) is 17.5 Å². The molecule has 1 N–H and O–H groups in total. The minimum absolute atomic E-state index is 0.0336. The van der Waals surface area contributed by atoms with Gasteiger partial charge in [-0.25, -0.2) is 0 Å². The van der Waals surface area contributed by atoms with Gasteiger partial charge in [0.15, 0.2) is 5.78 Å². The van der Waals surface area contributed by atoms with Crippen molar-refractivity contribution in [1.29, 1.82) is 0 Å². The third-order valence-corrected chi connectivity index (χ3v) is 3.40. The predicted octanol–water partition coefficient (Wildman–Crippen LogP) is 2.17. The zero-order chi connectivity index (χ0) is 14.2. The van der Waals surface area contributed by atoms with E-state index >= 15 is 0 Å². The molecule has 0 aliphatic heterocycles. The van der Waals surface area contributed by atoms with Crippen molar-refractivity contribution in [2.24, 2.45) is 0 Å². The minimum atomic E-state index is -0.844. The van der Waals surface area contributed by atoms with Crippen LogP contribution in [0.15, 0.2) is 0 Å². The van der Waals surface area contributed by atoms with Crippen LogP contribution in [-0.2, 0) is 23.2 Å². The third kappa shape index (κ3) is 2.69. The molecular formula is C14H20N2O3. The van der Waals surface area contributed by atoms with E-state index in [1.165, 1.54) is 0 Å².